The Hall–Kier alpha value is -1.25. The maximum Gasteiger partial charge on any atom is 0.472 e. The lowest BCUT2D eigenvalue weighted by Crippen LogP contribution is -2.29. The number of phosphoric ester groups is 1. The topological polar surface area (TPSA) is 134 Å². The van der Waals surface area contributed by atoms with E-state index in [0.717, 1.165) is 44.9 Å². The van der Waals surface area contributed by atoms with E-state index in [2.05, 4.69) is 26.0 Å². The summed E-state index contributed by atoms with van der Waals surface area (Å²) in [5.74, 6) is -0.823. The summed E-state index contributed by atoms with van der Waals surface area (Å²) in [4.78, 5) is 34.8. The standard InChI is InChI=1S/C42H82NO8P/c1-3-5-7-9-11-13-15-17-19-21-22-24-26-28-30-32-34-41(44)48-38-40(39-50-52(46,47)49-37-36-43)51-42(45)35-33-31-29-27-25-23-20-18-16-14-12-10-8-6-4-2/h14,16,40H,3-13,15,17-39,43H2,1-2H3,(H,46,47)/b16-14+/t40-/m1/s1. The molecular formula is C42H82NO8P. The molecule has 0 saturated carbocycles. The van der Waals surface area contributed by atoms with Gasteiger partial charge in [0.2, 0.25) is 0 Å². The number of carbonyl (C=O) groups excluding carboxylic acids is 2. The van der Waals surface area contributed by atoms with Crippen LogP contribution in [-0.4, -0.2) is 49.3 Å². The summed E-state index contributed by atoms with van der Waals surface area (Å²) in [5.41, 5.74) is 5.34. The van der Waals surface area contributed by atoms with Gasteiger partial charge < -0.3 is 20.1 Å². The molecule has 0 aliphatic carbocycles. The molecule has 0 spiro atoms. The molecule has 10 heteroatoms. The number of rotatable bonds is 41. The summed E-state index contributed by atoms with van der Waals surface area (Å²) in [6.07, 6.45) is 39.5. The third-order valence-corrected chi connectivity index (χ3v) is 10.4. The van der Waals surface area contributed by atoms with Gasteiger partial charge in [-0.05, 0) is 38.5 Å². The van der Waals surface area contributed by atoms with E-state index < -0.39 is 26.5 Å². The molecule has 0 saturated heterocycles. The smallest absolute Gasteiger partial charge is 0.462 e. The van der Waals surface area contributed by atoms with Crippen LogP contribution in [-0.2, 0) is 32.7 Å². The lowest BCUT2D eigenvalue weighted by atomic mass is 10.0. The Balaban J connectivity index is 4.12. The average Bonchev–Trinajstić information content (AvgIpc) is 3.13. The van der Waals surface area contributed by atoms with Gasteiger partial charge in [0.15, 0.2) is 6.10 Å². The molecule has 0 amide bonds. The number of unbranched alkanes of at least 4 members (excludes halogenated alkanes) is 26. The Bertz CT molecular complexity index is 871. The molecule has 3 N–H and O–H groups in total. The summed E-state index contributed by atoms with van der Waals surface area (Å²) in [6.45, 7) is 3.74. The van der Waals surface area contributed by atoms with Crippen molar-refractivity contribution in [1.82, 2.24) is 0 Å². The summed E-state index contributed by atoms with van der Waals surface area (Å²) in [7, 11) is -4.37. The van der Waals surface area contributed by atoms with Crippen LogP contribution >= 0.6 is 7.82 Å². The molecule has 0 aromatic carbocycles. The highest BCUT2D eigenvalue weighted by Crippen LogP contribution is 2.43. The van der Waals surface area contributed by atoms with E-state index in [1.54, 1.807) is 0 Å². The minimum atomic E-state index is -4.37. The third-order valence-electron chi connectivity index (χ3n) is 9.40. The first-order valence-electron chi connectivity index (χ1n) is 21.7. The molecule has 52 heavy (non-hydrogen) atoms. The second kappa shape index (κ2) is 39.4. The number of ether oxygens (including phenoxy) is 2. The molecule has 2 atom stereocenters. The highest BCUT2D eigenvalue weighted by Gasteiger charge is 2.26. The van der Waals surface area contributed by atoms with Crippen LogP contribution in [0.2, 0.25) is 0 Å². The van der Waals surface area contributed by atoms with E-state index in [9.17, 15) is 19.0 Å². The number of carbonyl (C=O) groups is 2. The van der Waals surface area contributed by atoms with Crippen molar-refractivity contribution in [2.24, 2.45) is 5.73 Å². The van der Waals surface area contributed by atoms with Gasteiger partial charge in [-0.25, -0.2) is 4.57 Å². The Kier molecular flexibility index (Phi) is 38.5. The van der Waals surface area contributed by atoms with E-state index in [0.29, 0.717) is 6.42 Å². The van der Waals surface area contributed by atoms with Crippen LogP contribution in [0.25, 0.3) is 0 Å². The first-order valence-corrected chi connectivity index (χ1v) is 23.2. The van der Waals surface area contributed by atoms with Crippen molar-refractivity contribution in [1.29, 1.82) is 0 Å². The van der Waals surface area contributed by atoms with Gasteiger partial charge in [-0.2, -0.15) is 0 Å². The average molecular weight is 760 g/mol. The predicted molar refractivity (Wildman–Crippen MR) is 215 cm³/mol. The van der Waals surface area contributed by atoms with E-state index >= 15 is 0 Å². The molecule has 0 fully saturated rings. The zero-order valence-electron chi connectivity index (χ0n) is 33.8. The molecule has 0 aliphatic rings. The van der Waals surface area contributed by atoms with Gasteiger partial charge in [0.25, 0.3) is 0 Å². The highest BCUT2D eigenvalue weighted by atomic mass is 31.2. The van der Waals surface area contributed by atoms with E-state index in [1.807, 2.05) is 0 Å². The Morgan fingerprint density at radius 1 is 0.558 bits per heavy atom. The van der Waals surface area contributed by atoms with Crippen LogP contribution in [0.5, 0.6) is 0 Å². The van der Waals surface area contributed by atoms with Gasteiger partial charge in [-0.3, -0.25) is 18.6 Å². The molecule has 0 aromatic rings. The molecule has 308 valence electrons. The Labute approximate surface area is 319 Å². The lowest BCUT2D eigenvalue weighted by Gasteiger charge is -2.19. The number of esters is 2. The number of hydrogen-bond acceptors (Lipinski definition) is 8. The molecular weight excluding hydrogens is 677 g/mol. The molecule has 0 rings (SSSR count). The molecule has 0 bridgehead atoms. The van der Waals surface area contributed by atoms with Crippen LogP contribution in [0.3, 0.4) is 0 Å². The number of nitrogens with two attached hydrogens (primary N) is 1. The Morgan fingerprint density at radius 3 is 1.38 bits per heavy atom. The minimum absolute atomic E-state index is 0.0554. The zero-order chi connectivity index (χ0) is 38.2. The molecule has 9 nitrogen and oxygen atoms in total. The van der Waals surface area contributed by atoms with E-state index in [4.69, 9.17) is 24.3 Å². The van der Waals surface area contributed by atoms with Gasteiger partial charge in [0.1, 0.15) is 6.61 Å². The van der Waals surface area contributed by atoms with Crippen LogP contribution in [0.1, 0.15) is 213 Å². The van der Waals surface area contributed by atoms with Crippen molar-refractivity contribution < 1.29 is 37.6 Å². The van der Waals surface area contributed by atoms with Crippen LogP contribution < -0.4 is 5.73 Å². The zero-order valence-corrected chi connectivity index (χ0v) is 34.7. The summed E-state index contributed by atoms with van der Waals surface area (Å²) in [6, 6.07) is 0. The van der Waals surface area contributed by atoms with Crippen molar-refractivity contribution in [3.05, 3.63) is 12.2 Å². The van der Waals surface area contributed by atoms with E-state index in [-0.39, 0.29) is 38.6 Å². The SMILES string of the molecule is CCCCCC/C=C/CCCCCCCCCC(=O)O[C@H](COC(=O)CCCCCCCCCCCCCCCCCC)COP(=O)(O)OCCN. The summed E-state index contributed by atoms with van der Waals surface area (Å²) >= 11 is 0. The molecule has 1 unspecified atom stereocenters. The predicted octanol–water partition coefficient (Wildman–Crippen LogP) is 12.2. The molecule has 0 aromatic heterocycles. The van der Waals surface area contributed by atoms with Gasteiger partial charge in [0.05, 0.1) is 13.2 Å². The van der Waals surface area contributed by atoms with Crippen molar-refractivity contribution >= 4 is 19.8 Å². The minimum Gasteiger partial charge on any atom is -0.462 e. The Morgan fingerprint density at radius 2 is 0.942 bits per heavy atom. The first kappa shape index (κ1) is 50.8. The monoisotopic (exact) mass is 760 g/mol. The van der Waals surface area contributed by atoms with Crippen molar-refractivity contribution in [3.63, 3.8) is 0 Å². The van der Waals surface area contributed by atoms with E-state index in [1.165, 1.54) is 135 Å². The third kappa shape index (κ3) is 38.5. The fourth-order valence-electron chi connectivity index (χ4n) is 6.16. The van der Waals surface area contributed by atoms with Crippen LogP contribution in [0.4, 0.5) is 0 Å². The summed E-state index contributed by atoms with van der Waals surface area (Å²) < 4.78 is 32.8. The number of phosphoric acid groups is 1. The normalized spacial score (nSPS) is 13.4. The lowest BCUT2D eigenvalue weighted by molar-refractivity contribution is -0.161. The van der Waals surface area contributed by atoms with Crippen molar-refractivity contribution in [3.8, 4) is 0 Å². The number of hydrogen-bond donors (Lipinski definition) is 2. The summed E-state index contributed by atoms with van der Waals surface area (Å²) in [5, 5.41) is 0. The second-order valence-electron chi connectivity index (χ2n) is 14.6. The first-order chi connectivity index (χ1) is 25.3. The number of allylic oxidation sites excluding steroid dienone is 2. The van der Waals surface area contributed by atoms with Crippen LogP contribution in [0, 0.1) is 0 Å². The molecule has 0 heterocycles. The van der Waals surface area contributed by atoms with Gasteiger partial charge in [0, 0.05) is 19.4 Å². The van der Waals surface area contributed by atoms with Crippen molar-refractivity contribution in [2.45, 2.75) is 219 Å². The van der Waals surface area contributed by atoms with Crippen LogP contribution in [0.15, 0.2) is 12.2 Å². The highest BCUT2D eigenvalue weighted by molar-refractivity contribution is 7.47. The second-order valence-corrected chi connectivity index (χ2v) is 16.0. The maximum absolute atomic E-state index is 12.6. The van der Waals surface area contributed by atoms with Gasteiger partial charge >= 0.3 is 19.8 Å². The molecule has 0 radical (unpaired) electrons. The maximum atomic E-state index is 12.6. The quantitative estimate of drug-likeness (QED) is 0.0270. The fourth-order valence-corrected chi connectivity index (χ4v) is 6.92. The molecule has 0 aliphatic heterocycles. The van der Waals surface area contributed by atoms with Gasteiger partial charge in [-0.1, -0.05) is 174 Å². The van der Waals surface area contributed by atoms with Gasteiger partial charge in [-0.15, -0.1) is 0 Å². The van der Waals surface area contributed by atoms with Crippen molar-refractivity contribution in [2.75, 3.05) is 26.4 Å². The largest absolute Gasteiger partial charge is 0.472 e. The fraction of sp³-hybridized carbons (Fsp3) is 0.905.